The fourth-order valence-electron chi connectivity index (χ4n) is 1.38. The highest BCUT2D eigenvalue weighted by atomic mass is 35.5. The summed E-state index contributed by atoms with van der Waals surface area (Å²) in [6, 6.07) is 1.60. The number of nitrogens with one attached hydrogen (secondary N) is 1. The van der Waals surface area contributed by atoms with Crippen LogP contribution in [0.25, 0.3) is 0 Å². The van der Waals surface area contributed by atoms with E-state index in [1.807, 2.05) is 0 Å². The van der Waals surface area contributed by atoms with E-state index >= 15 is 0 Å². The predicted octanol–water partition coefficient (Wildman–Crippen LogP) is 0.397. The molecule has 19 heavy (non-hydrogen) atoms. The number of likely N-dealkylation sites (N-methyl/N-ethyl adjacent to an activating group) is 1. The molecule has 0 radical (unpaired) electrons. The molecule has 0 fully saturated rings. The molecule has 0 spiro atoms. The summed E-state index contributed by atoms with van der Waals surface area (Å²) < 4.78 is 4.81. The van der Waals surface area contributed by atoms with Crippen LogP contribution in [0.4, 0.5) is 5.82 Å². The molecule has 0 bridgehead atoms. The Balaban J connectivity index is 0.00000324. The highest BCUT2D eigenvalue weighted by molar-refractivity contribution is 5.94. The first kappa shape index (κ1) is 17.4. The Labute approximate surface area is 117 Å². The van der Waals surface area contributed by atoms with Crippen molar-refractivity contribution in [2.45, 2.75) is 13.8 Å². The van der Waals surface area contributed by atoms with Gasteiger partial charge in [0.25, 0.3) is 0 Å². The molecule has 0 saturated carbocycles. The largest absolute Gasteiger partial charge is 0.360 e. The number of halogens is 1. The third kappa shape index (κ3) is 5.27. The molecule has 0 saturated heterocycles. The number of hydrogen-bond donors (Lipinski definition) is 2. The Morgan fingerprint density at radius 1 is 1.58 bits per heavy atom. The third-order valence-electron chi connectivity index (χ3n) is 2.43. The molecule has 2 amide bonds. The van der Waals surface area contributed by atoms with Crippen LogP contribution in [0.3, 0.4) is 0 Å². The third-order valence-corrected chi connectivity index (χ3v) is 2.43. The smallest absolute Gasteiger partial charge is 0.245 e. The number of hydrogen-bond acceptors (Lipinski definition) is 5. The minimum Gasteiger partial charge on any atom is -0.360 e. The molecule has 8 heteroatoms. The number of amides is 2. The van der Waals surface area contributed by atoms with Crippen molar-refractivity contribution in [1.82, 2.24) is 10.1 Å². The number of carbonyl (C=O) groups is 2. The van der Waals surface area contributed by atoms with E-state index in [0.29, 0.717) is 11.6 Å². The van der Waals surface area contributed by atoms with Crippen molar-refractivity contribution in [3.63, 3.8) is 0 Å². The van der Waals surface area contributed by atoms with Crippen LogP contribution < -0.4 is 11.1 Å². The molecule has 0 aliphatic rings. The van der Waals surface area contributed by atoms with Gasteiger partial charge in [0, 0.05) is 25.6 Å². The maximum atomic E-state index is 11.7. The topological polar surface area (TPSA) is 101 Å². The normalized spacial score (nSPS) is 11.4. The van der Waals surface area contributed by atoms with Crippen molar-refractivity contribution in [3.05, 3.63) is 11.8 Å². The van der Waals surface area contributed by atoms with Crippen molar-refractivity contribution in [1.29, 1.82) is 0 Å². The number of carbonyl (C=O) groups excluding carboxylic acids is 2. The van der Waals surface area contributed by atoms with Crippen molar-refractivity contribution >= 4 is 30.0 Å². The Kier molecular flexibility index (Phi) is 7.10. The summed E-state index contributed by atoms with van der Waals surface area (Å²) in [5, 5.41) is 6.17. The van der Waals surface area contributed by atoms with Crippen molar-refractivity contribution < 1.29 is 14.1 Å². The van der Waals surface area contributed by atoms with Crippen LogP contribution in [0.1, 0.15) is 12.7 Å². The molecule has 0 aliphatic carbocycles. The summed E-state index contributed by atoms with van der Waals surface area (Å²) >= 11 is 0. The Bertz CT molecular complexity index is 435. The molecule has 3 N–H and O–H groups in total. The van der Waals surface area contributed by atoms with E-state index in [1.165, 1.54) is 4.90 Å². The van der Waals surface area contributed by atoms with Gasteiger partial charge in [0.15, 0.2) is 5.82 Å². The van der Waals surface area contributed by atoms with Gasteiger partial charge in [-0.15, -0.1) is 12.4 Å². The second-order valence-corrected chi connectivity index (χ2v) is 4.20. The number of aryl methyl sites for hydroxylation is 1. The van der Waals surface area contributed by atoms with Crippen LogP contribution in [0.2, 0.25) is 0 Å². The molecule has 0 aromatic carbocycles. The van der Waals surface area contributed by atoms with Crippen molar-refractivity contribution in [3.8, 4) is 0 Å². The quantitative estimate of drug-likeness (QED) is 0.817. The number of anilines is 1. The summed E-state index contributed by atoms with van der Waals surface area (Å²) in [5.74, 6) is 0.154. The molecule has 1 heterocycles. The lowest BCUT2D eigenvalue weighted by molar-refractivity contribution is -0.136. The van der Waals surface area contributed by atoms with Gasteiger partial charge in [-0.3, -0.25) is 9.59 Å². The van der Waals surface area contributed by atoms with E-state index in [2.05, 4.69) is 10.5 Å². The Morgan fingerprint density at radius 2 is 2.21 bits per heavy atom. The van der Waals surface area contributed by atoms with Crippen LogP contribution in [-0.4, -0.2) is 42.0 Å². The highest BCUT2D eigenvalue weighted by Gasteiger charge is 2.18. The van der Waals surface area contributed by atoms with Gasteiger partial charge in [0.1, 0.15) is 5.76 Å². The molecule has 0 aliphatic heterocycles. The van der Waals surface area contributed by atoms with Gasteiger partial charge in [-0.05, 0) is 6.92 Å². The minimum atomic E-state index is -0.330. The van der Waals surface area contributed by atoms with E-state index in [1.54, 1.807) is 27.0 Å². The van der Waals surface area contributed by atoms with Crippen LogP contribution in [0, 0.1) is 12.8 Å². The van der Waals surface area contributed by atoms with Gasteiger partial charge < -0.3 is 20.5 Å². The average molecular weight is 291 g/mol. The monoisotopic (exact) mass is 290 g/mol. The summed E-state index contributed by atoms with van der Waals surface area (Å²) in [6.45, 7) is 3.65. The highest BCUT2D eigenvalue weighted by Crippen LogP contribution is 2.07. The second kappa shape index (κ2) is 7.75. The molecule has 1 rings (SSSR count). The Morgan fingerprint density at radius 3 is 2.68 bits per heavy atom. The van der Waals surface area contributed by atoms with E-state index in [0.717, 1.165) is 0 Å². The predicted molar refractivity (Wildman–Crippen MR) is 73.0 cm³/mol. The first-order valence-corrected chi connectivity index (χ1v) is 5.62. The fourth-order valence-corrected chi connectivity index (χ4v) is 1.38. The van der Waals surface area contributed by atoms with Crippen LogP contribution in [-0.2, 0) is 9.59 Å². The van der Waals surface area contributed by atoms with Crippen molar-refractivity contribution in [2.75, 3.05) is 25.5 Å². The maximum Gasteiger partial charge on any atom is 0.245 e. The zero-order valence-electron chi connectivity index (χ0n) is 11.2. The second-order valence-electron chi connectivity index (χ2n) is 4.20. The van der Waals surface area contributed by atoms with Gasteiger partial charge in [-0.1, -0.05) is 12.1 Å². The summed E-state index contributed by atoms with van der Waals surface area (Å²) in [5.41, 5.74) is 5.40. The zero-order valence-corrected chi connectivity index (χ0v) is 12.0. The lowest BCUT2D eigenvalue weighted by atomic mass is 10.1. The molecule has 1 atom stereocenters. The molecule has 1 aromatic heterocycles. The summed E-state index contributed by atoms with van der Waals surface area (Å²) in [4.78, 5) is 24.7. The van der Waals surface area contributed by atoms with E-state index in [4.69, 9.17) is 10.3 Å². The standard InChI is InChI=1S/C11H18N4O3.ClH/c1-7(5-12)11(17)15(3)6-10(16)13-9-4-8(2)18-14-9;/h4,7H,5-6,12H2,1-3H3,(H,13,14,16);1H. The summed E-state index contributed by atoms with van der Waals surface area (Å²) in [6.07, 6.45) is 0. The van der Waals surface area contributed by atoms with E-state index < -0.39 is 0 Å². The number of rotatable bonds is 5. The van der Waals surface area contributed by atoms with Crippen LogP contribution in [0.15, 0.2) is 10.6 Å². The van der Waals surface area contributed by atoms with Crippen molar-refractivity contribution in [2.24, 2.45) is 11.7 Å². The summed E-state index contributed by atoms with van der Waals surface area (Å²) in [7, 11) is 1.56. The molecular weight excluding hydrogens is 272 g/mol. The number of nitrogens with zero attached hydrogens (tertiary/aromatic N) is 2. The Hall–Kier alpha value is -1.60. The lowest BCUT2D eigenvalue weighted by Gasteiger charge is -2.19. The van der Waals surface area contributed by atoms with E-state index in [9.17, 15) is 9.59 Å². The molecule has 108 valence electrons. The van der Waals surface area contributed by atoms with E-state index in [-0.39, 0.29) is 43.2 Å². The molecular formula is C11H19ClN4O3. The molecule has 1 unspecified atom stereocenters. The minimum absolute atomic E-state index is 0. The van der Waals surface area contributed by atoms with Gasteiger partial charge in [-0.2, -0.15) is 0 Å². The SMILES string of the molecule is Cc1cc(NC(=O)CN(C)C(=O)C(C)CN)no1.Cl. The van der Waals surface area contributed by atoms with Crippen LogP contribution in [0.5, 0.6) is 0 Å². The van der Waals surface area contributed by atoms with Gasteiger partial charge in [0.2, 0.25) is 11.8 Å². The zero-order chi connectivity index (χ0) is 13.7. The van der Waals surface area contributed by atoms with Gasteiger partial charge in [0.05, 0.1) is 6.54 Å². The van der Waals surface area contributed by atoms with Gasteiger partial charge >= 0.3 is 0 Å². The molecule has 1 aromatic rings. The lowest BCUT2D eigenvalue weighted by Crippen LogP contribution is -2.39. The first-order chi connectivity index (χ1) is 8.43. The maximum absolute atomic E-state index is 11.7. The number of nitrogens with two attached hydrogens (primary N) is 1. The fraction of sp³-hybridized carbons (Fsp3) is 0.545. The van der Waals surface area contributed by atoms with Gasteiger partial charge in [-0.25, -0.2) is 0 Å². The number of aromatic nitrogens is 1. The first-order valence-electron chi connectivity index (χ1n) is 5.62. The molecule has 7 nitrogen and oxygen atoms in total. The average Bonchev–Trinajstić information content (AvgIpc) is 2.72. The van der Waals surface area contributed by atoms with Crippen LogP contribution >= 0.6 is 12.4 Å².